The number of likely N-dealkylation sites (N-methyl/N-ethyl adjacent to an activating group) is 1. The molecule has 0 aliphatic heterocycles. The number of ether oxygens (including phenoxy) is 1. The molecule has 0 atom stereocenters. The monoisotopic (exact) mass is 270 g/mol. The van der Waals surface area contributed by atoms with Gasteiger partial charge in [-0.15, -0.1) is 0 Å². The van der Waals surface area contributed by atoms with E-state index in [1.54, 1.807) is 19.1 Å². The van der Waals surface area contributed by atoms with Crippen LogP contribution >= 0.6 is 0 Å². The van der Waals surface area contributed by atoms with E-state index < -0.39 is 5.54 Å². The van der Waals surface area contributed by atoms with Crippen LogP contribution in [0, 0.1) is 0 Å². The predicted octanol–water partition coefficient (Wildman–Crippen LogP) is 1.32. The number of amides is 2. The van der Waals surface area contributed by atoms with Crippen LogP contribution in [0.25, 0.3) is 0 Å². The van der Waals surface area contributed by atoms with E-state index in [-0.39, 0.29) is 11.8 Å². The average Bonchev–Trinajstić information content (AvgIpc) is 2.38. The van der Waals surface area contributed by atoms with E-state index in [4.69, 9.17) is 4.74 Å². The highest BCUT2D eigenvalue weighted by Crippen LogP contribution is 2.30. The lowest BCUT2D eigenvalue weighted by molar-refractivity contribution is -0.142. The SMILES string of the molecule is COCCCN(C)C(=O)C1(NC(C)=O)CCCCC1. The van der Waals surface area contributed by atoms with Gasteiger partial charge in [-0.25, -0.2) is 0 Å². The zero-order valence-electron chi connectivity index (χ0n) is 12.3. The molecule has 0 aromatic rings. The molecule has 0 aromatic heterocycles. The van der Waals surface area contributed by atoms with Crippen molar-refractivity contribution in [2.45, 2.75) is 51.0 Å². The van der Waals surface area contributed by atoms with Crippen molar-refractivity contribution in [2.24, 2.45) is 0 Å². The van der Waals surface area contributed by atoms with Gasteiger partial charge in [0.05, 0.1) is 0 Å². The van der Waals surface area contributed by atoms with E-state index in [1.165, 1.54) is 6.92 Å². The first kappa shape index (κ1) is 16.0. The lowest BCUT2D eigenvalue weighted by atomic mass is 9.80. The van der Waals surface area contributed by atoms with Gasteiger partial charge in [0, 0.05) is 34.2 Å². The van der Waals surface area contributed by atoms with E-state index in [1.807, 2.05) is 0 Å². The van der Waals surface area contributed by atoms with Crippen LogP contribution in [-0.4, -0.2) is 49.6 Å². The van der Waals surface area contributed by atoms with Crippen molar-refractivity contribution in [3.05, 3.63) is 0 Å². The van der Waals surface area contributed by atoms with Gasteiger partial charge in [-0.2, -0.15) is 0 Å². The van der Waals surface area contributed by atoms with E-state index in [0.29, 0.717) is 13.2 Å². The molecule has 1 fully saturated rings. The van der Waals surface area contributed by atoms with E-state index in [2.05, 4.69) is 5.32 Å². The van der Waals surface area contributed by atoms with Crippen molar-refractivity contribution in [1.82, 2.24) is 10.2 Å². The second-order valence-electron chi connectivity index (χ2n) is 5.40. The van der Waals surface area contributed by atoms with Gasteiger partial charge < -0.3 is 15.0 Å². The molecule has 1 aliphatic carbocycles. The molecule has 5 heteroatoms. The van der Waals surface area contributed by atoms with Crippen molar-refractivity contribution in [1.29, 1.82) is 0 Å². The van der Waals surface area contributed by atoms with Crippen LogP contribution in [-0.2, 0) is 14.3 Å². The summed E-state index contributed by atoms with van der Waals surface area (Å²) < 4.78 is 5.00. The summed E-state index contributed by atoms with van der Waals surface area (Å²) in [4.78, 5) is 25.7. The molecule has 1 N–H and O–H groups in total. The second-order valence-corrected chi connectivity index (χ2v) is 5.40. The van der Waals surface area contributed by atoms with Crippen LogP contribution in [0.5, 0.6) is 0 Å². The van der Waals surface area contributed by atoms with Crippen LogP contribution in [0.1, 0.15) is 45.4 Å². The largest absolute Gasteiger partial charge is 0.385 e. The lowest BCUT2D eigenvalue weighted by Gasteiger charge is -2.39. The molecular formula is C14H26N2O3. The molecule has 0 bridgehead atoms. The van der Waals surface area contributed by atoms with E-state index in [0.717, 1.165) is 38.5 Å². The Kier molecular flexibility index (Phi) is 6.28. The van der Waals surface area contributed by atoms with Crippen molar-refractivity contribution >= 4 is 11.8 Å². The fourth-order valence-electron chi connectivity index (χ4n) is 2.80. The standard InChI is InChI=1S/C14H26N2O3/c1-12(17)15-14(8-5-4-6-9-14)13(18)16(2)10-7-11-19-3/h4-11H2,1-3H3,(H,15,17). The first-order chi connectivity index (χ1) is 9.02. The number of methoxy groups -OCH3 is 1. The third-order valence-electron chi connectivity index (χ3n) is 3.72. The summed E-state index contributed by atoms with van der Waals surface area (Å²) in [7, 11) is 3.46. The highest BCUT2D eigenvalue weighted by atomic mass is 16.5. The molecule has 1 rings (SSSR count). The summed E-state index contributed by atoms with van der Waals surface area (Å²) in [5.41, 5.74) is -0.675. The Morgan fingerprint density at radius 3 is 2.42 bits per heavy atom. The predicted molar refractivity (Wildman–Crippen MR) is 73.8 cm³/mol. The molecule has 0 heterocycles. The molecular weight excluding hydrogens is 244 g/mol. The van der Waals surface area contributed by atoms with Crippen LogP contribution in [0.2, 0.25) is 0 Å². The van der Waals surface area contributed by atoms with Crippen molar-refractivity contribution in [2.75, 3.05) is 27.3 Å². The molecule has 110 valence electrons. The number of rotatable bonds is 6. The van der Waals surface area contributed by atoms with Crippen molar-refractivity contribution < 1.29 is 14.3 Å². The summed E-state index contributed by atoms with van der Waals surface area (Å²) in [6.45, 7) is 2.79. The lowest BCUT2D eigenvalue weighted by Crippen LogP contribution is -2.59. The van der Waals surface area contributed by atoms with Crippen LogP contribution in [0.3, 0.4) is 0 Å². The molecule has 1 aliphatic rings. The van der Waals surface area contributed by atoms with Gasteiger partial charge >= 0.3 is 0 Å². The quantitative estimate of drug-likeness (QED) is 0.741. The third kappa shape index (κ3) is 4.49. The number of carbonyl (C=O) groups is 2. The second kappa shape index (κ2) is 7.48. The van der Waals surface area contributed by atoms with Crippen molar-refractivity contribution in [3.8, 4) is 0 Å². The molecule has 19 heavy (non-hydrogen) atoms. The Hall–Kier alpha value is -1.10. The normalized spacial score (nSPS) is 17.8. The molecule has 0 spiro atoms. The topological polar surface area (TPSA) is 58.6 Å². The highest BCUT2D eigenvalue weighted by Gasteiger charge is 2.41. The number of nitrogens with one attached hydrogen (secondary N) is 1. The van der Waals surface area contributed by atoms with Crippen LogP contribution in [0.4, 0.5) is 0 Å². The summed E-state index contributed by atoms with van der Waals surface area (Å²) in [6.07, 6.45) is 5.45. The van der Waals surface area contributed by atoms with Gasteiger partial charge in [-0.3, -0.25) is 9.59 Å². The van der Waals surface area contributed by atoms with Crippen LogP contribution in [0.15, 0.2) is 0 Å². The van der Waals surface area contributed by atoms with Gasteiger partial charge in [0.1, 0.15) is 5.54 Å². The first-order valence-corrected chi connectivity index (χ1v) is 7.05. The van der Waals surface area contributed by atoms with E-state index >= 15 is 0 Å². The Morgan fingerprint density at radius 1 is 1.26 bits per heavy atom. The molecule has 1 saturated carbocycles. The molecule has 0 unspecified atom stereocenters. The maximum Gasteiger partial charge on any atom is 0.248 e. The number of hydrogen-bond acceptors (Lipinski definition) is 3. The summed E-state index contributed by atoms with van der Waals surface area (Å²) in [6, 6.07) is 0. The zero-order valence-corrected chi connectivity index (χ0v) is 12.3. The fourth-order valence-corrected chi connectivity index (χ4v) is 2.80. The molecule has 0 aromatic carbocycles. The average molecular weight is 270 g/mol. The van der Waals surface area contributed by atoms with Gasteiger partial charge in [-0.1, -0.05) is 19.3 Å². The Bertz CT molecular complexity index is 312. The number of hydrogen-bond donors (Lipinski definition) is 1. The minimum Gasteiger partial charge on any atom is -0.385 e. The highest BCUT2D eigenvalue weighted by molar-refractivity contribution is 5.90. The van der Waals surface area contributed by atoms with Gasteiger partial charge in [-0.05, 0) is 19.3 Å². The van der Waals surface area contributed by atoms with Gasteiger partial charge in [0.15, 0.2) is 0 Å². The van der Waals surface area contributed by atoms with Crippen molar-refractivity contribution in [3.63, 3.8) is 0 Å². The molecule has 0 saturated heterocycles. The molecule has 2 amide bonds. The Balaban J connectivity index is 2.67. The smallest absolute Gasteiger partial charge is 0.248 e. The summed E-state index contributed by atoms with van der Waals surface area (Å²) in [5.74, 6) is -0.0842. The zero-order chi connectivity index (χ0) is 14.3. The third-order valence-corrected chi connectivity index (χ3v) is 3.72. The first-order valence-electron chi connectivity index (χ1n) is 7.05. The maximum atomic E-state index is 12.6. The fraction of sp³-hybridized carbons (Fsp3) is 0.857. The Labute approximate surface area is 115 Å². The van der Waals surface area contributed by atoms with Gasteiger partial charge in [0.25, 0.3) is 0 Å². The summed E-state index contributed by atoms with van der Waals surface area (Å²) >= 11 is 0. The number of carbonyl (C=O) groups excluding carboxylic acids is 2. The number of nitrogens with zero attached hydrogens (tertiary/aromatic N) is 1. The Morgan fingerprint density at radius 2 is 1.89 bits per heavy atom. The van der Waals surface area contributed by atoms with E-state index in [9.17, 15) is 9.59 Å². The minimum absolute atomic E-state index is 0.0403. The molecule has 5 nitrogen and oxygen atoms in total. The van der Waals surface area contributed by atoms with Crippen LogP contribution < -0.4 is 5.32 Å². The maximum absolute atomic E-state index is 12.6. The minimum atomic E-state index is -0.675. The summed E-state index contributed by atoms with van der Waals surface area (Å²) in [5, 5.41) is 2.90. The van der Waals surface area contributed by atoms with Gasteiger partial charge in [0.2, 0.25) is 11.8 Å². The molecule has 0 radical (unpaired) electrons.